The summed E-state index contributed by atoms with van der Waals surface area (Å²) in [5.41, 5.74) is 7.40. The fraction of sp³-hybridized carbons (Fsp3) is 0.600. The normalized spacial score (nSPS) is 31.4. The molecule has 3 rings (SSSR count). The van der Waals surface area contributed by atoms with E-state index in [1.807, 2.05) is 12.1 Å². The lowest BCUT2D eigenvalue weighted by Crippen LogP contribution is -2.38. The zero-order chi connectivity index (χ0) is 13.4. The van der Waals surface area contributed by atoms with E-state index in [-0.39, 0.29) is 5.82 Å². The third kappa shape index (κ3) is 2.86. The molecule has 2 aliphatic rings. The maximum atomic E-state index is 13.2. The Hall–Kier alpha value is -0.450. The molecule has 0 spiro atoms. The van der Waals surface area contributed by atoms with Crippen LogP contribution in [0, 0.1) is 17.7 Å². The molecule has 1 saturated heterocycles. The Morgan fingerprint density at radius 2 is 2.16 bits per heavy atom. The first kappa shape index (κ1) is 13.5. The molecule has 2 nitrogen and oxygen atoms in total. The van der Waals surface area contributed by atoms with E-state index < -0.39 is 0 Å². The van der Waals surface area contributed by atoms with Crippen molar-refractivity contribution < 1.29 is 4.39 Å². The predicted molar refractivity (Wildman–Crippen MR) is 78.2 cm³/mol. The van der Waals surface area contributed by atoms with Crippen LogP contribution in [0.5, 0.6) is 0 Å². The van der Waals surface area contributed by atoms with Crippen molar-refractivity contribution in [3.05, 3.63) is 34.1 Å². The SMILES string of the molecule is NC1CCCC2CN(Cc3ccc(F)c(Br)c3)CC12. The lowest BCUT2D eigenvalue weighted by atomic mass is 9.78. The minimum absolute atomic E-state index is 0.194. The number of likely N-dealkylation sites (tertiary alicyclic amines) is 1. The maximum absolute atomic E-state index is 13.2. The smallest absolute Gasteiger partial charge is 0.137 e. The third-order valence-corrected chi connectivity index (χ3v) is 5.23. The summed E-state index contributed by atoms with van der Waals surface area (Å²) in [5, 5.41) is 0. The van der Waals surface area contributed by atoms with Gasteiger partial charge in [0.05, 0.1) is 4.47 Å². The minimum atomic E-state index is -0.194. The molecule has 2 fully saturated rings. The molecule has 4 heteroatoms. The van der Waals surface area contributed by atoms with Crippen molar-refractivity contribution in [1.82, 2.24) is 4.90 Å². The fourth-order valence-corrected chi connectivity index (χ4v) is 4.06. The molecule has 1 aliphatic heterocycles. The largest absolute Gasteiger partial charge is 0.327 e. The Kier molecular flexibility index (Phi) is 3.92. The quantitative estimate of drug-likeness (QED) is 0.904. The molecule has 0 bridgehead atoms. The van der Waals surface area contributed by atoms with Gasteiger partial charge in [-0.15, -0.1) is 0 Å². The van der Waals surface area contributed by atoms with Gasteiger partial charge in [0.2, 0.25) is 0 Å². The molecule has 1 aromatic rings. The maximum Gasteiger partial charge on any atom is 0.137 e. The van der Waals surface area contributed by atoms with Crippen molar-refractivity contribution >= 4 is 15.9 Å². The van der Waals surface area contributed by atoms with E-state index in [4.69, 9.17) is 5.73 Å². The van der Waals surface area contributed by atoms with Crippen LogP contribution in [0.25, 0.3) is 0 Å². The van der Waals surface area contributed by atoms with E-state index in [1.165, 1.54) is 30.9 Å². The molecule has 1 aliphatic carbocycles. The Morgan fingerprint density at radius 3 is 2.89 bits per heavy atom. The average Bonchev–Trinajstić information content (AvgIpc) is 2.78. The highest BCUT2D eigenvalue weighted by Crippen LogP contribution is 2.36. The van der Waals surface area contributed by atoms with Gasteiger partial charge in [-0.2, -0.15) is 0 Å². The van der Waals surface area contributed by atoms with Gasteiger partial charge in [0.15, 0.2) is 0 Å². The van der Waals surface area contributed by atoms with Crippen LogP contribution in [0.1, 0.15) is 24.8 Å². The van der Waals surface area contributed by atoms with E-state index in [1.54, 1.807) is 0 Å². The monoisotopic (exact) mass is 326 g/mol. The van der Waals surface area contributed by atoms with Crippen LogP contribution in [0.15, 0.2) is 22.7 Å². The Morgan fingerprint density at radius 1 is 1.32 bits per heavy atom. The zero-order valence-corrected chi connectivity index (χ0v) is 12.6. The number of rotatable bonds is 2. The van der Waals surface area contributed by atoms with Gasteiger partial charge in [0.1, 0.15) is 5.82 Å². The summed E-state index contributed by atoms with van der Waals surface area (Å²) < 4.78 is 13.8. The molecule has 1 heterocycles. The van der Waals surface area contributed by atoms with Crippen molar-refractivity contribution in [3.63, 3.8) is 0 Å². The van der Waals surface area contributed by atoms with Crippen LogP contribution in [-0.2, 0) is 6.54 Å². The van der Waals surface area contributed by atoms with Crippen molar-refractivity contribution in [2.24, 2.45) is 17.6 Å². The van der Waals surface area contributed by atoms with Gasteiger partial charge in [0, 0.05) is 25.7 Å². The molecule has 1 aromatic carbocycles. The first-order chi connectivity index (χ1) is 9.13. The van der Waals surface area contributed by atoms with Crippen LogP contribution in [0.3, 0.4) is 0 Å². The molecule has 1 saturated carbocycles. The number of hydrogen-bond donors (Lipinski definition) is 1. The van der Waals surface area contributed by atoms with Crippen LogP contribution in [0.4, 0.5) is 4.39 Å². The summed E-state index contributed by atoms with van der Waals surface area (Å²) in [6.07, 6.45) is 3.78. The Labute approximate surface area is 122 Å². The molecule has 19 heavy (non-hydrogen) atoms. The Bertz CT molecular complexity index is 465. The van der Waals surface area contributed by atoms with Crippen LogP contribution >= 0.6 is 15.9 Å². The van der Waals surface area contributed by atoms with Crippen molar-refractivity contribution in [2.75, 3.05) is 13.1 Å². The van der Waals surface area contributed by atoms with Gasteiger partial charge in [-0.05, 0) is 58.3 Å². The Balaban J connectivity index is 1.66. The van der Waals surface area contributed by atoms with E-state index in [0.717, 1.165) is 25.6 Å². The summed E-state index contributed by atoms with van der Waals surface area (Å²) >= 11 is 3.25. The summed E-state index contributed by atoms with van der Waals surface area (Å²) in [4.78, 5) is 2.47. The first-order valence-corrected chi connectivity index (χ1v) is 7.84. The predicted octanol–water partition coefficient (Wildman–Crippen LogP) is 3.15. The zero-order valence-electron chi connectivity index (χ0n) is 11.0. The second kappa shape index (κ2) is 5.51. The van der Waals surface area contributed by atoms with Gasteiger partial charge in [-0.3, -0.25) is 4.90 Å². The van der Waals surface area contributed by atoms with Crippen molar-refractivity contribution in [3.8, 4) is 0 Å². The molecular formula is C15H20BrFN2. The number of halogens is 2. The molecule has 0 amide bonds. The number of benzene rings is 1. The van der Waals surface area contributed by atoms with Crippen molar-refractivity contribution in [2.45, 2.75) is 31.8 Å². The molecule has 3 unspecified atom stereocenters. The van der Waals surface area contributed by atoms with E-state index >= 15 is 0 Å². The molecule has 3 atom stereocenters. The van der Waals surface area contributed by atoms with Gasteiger partial charge < -0.3 is 5.73 Å². The summed E-state index contributed by atoms with van der Waals surface area (Å²) in [7, 11) is 0. The number of fused-ring (bicyclic) bond motifs is 1. The number of nitrogens with zero attached hydrogens (tertiary/aromatic N) is 1. The minimum Gasteiger partial charge on any atom is -0.327 e. The summed E-state index contributed by atoms with van der Waals surface area (Å²) in [6, 6.07) is 5.68. The first-order valence-electron chi connectivity index (χ1n) is 7.05. The standard InChI is InChI=1S/C15H20BrFN2/c16-13-6-10(4-5-14(13)17)7-19-8-11-2-1-3-15(18)12(11)9-19/h4-6,11-12,15H,1-3,7-9,18H2. The van der Waals surface area contributed by atoms with Crippen LogP contribution in [0.2, 0.25) is 0 Å². The number of nitrogens with two attached hydrogens (primary N) is 1. The molecular weight excluding hydrogens is 307 g/mol. The average molecular weight is 327 g/mol. The summed E-state index contributed by atoms with van der Waals surface area (Å²) in [6.45, 7) is 3.15. The fourth-order valence-electron chi connectivity index (χ4n) is 3.63. The second-order valence-electron chi connectivity index (χ2n) is 5.96. The van der Waals surface area contributed by atoms with E-state index in [2.05, 4.69) is 20.8 Å². The van der Waals surface area contributed by atoms with Gasteiger partial charge >= 0.3 is 0 Å². The van der Waals surface area contributed by atoms with Gasteiger partial charge in [-0.25, -0.2) is 4.39 Å². The highest BCUT2D eigenvalue weighted by Gasteiger charge is 2.38. The lowest BCUT2D eigenvalue weighted by molar-refractivity contribution is 0.259. The van der Waals surface area contributed by atoms with Gasteiger partial charge in [0.25, 0.3) is 0 Å². The highest BCUT2D eigenvalue weighted by atomic mass is 79.9. The highest BCUT2D eigenvalue weighted by molar-refractivity contribution is 9.10. The van der Waals surface area contributed by atoms with E-state index in [0.29, 0.717) is 16.4 Å². The molecule has 0 radical (unpaired) electrons. The summed E-state index contributed by atoms with van der Waals surface area (Å²) in [5.74, 6) is 1.24. The van der Waals surface area contributed by atoms with Crippen LogP contribution in [-0.4, -0.2) is 24.0 Å². The van der Waals surface area contributed by atoms with Gasteiger partial charge in [-0.1, -0.05) is 12.5 Å². The molecule has 2 N–H and O–H groups in total. The second-order valence-corrected chi connectivity index (χ2v) is 6.82. The van der Waals surface area contributed by atoms with E-state index in [9.17, 15) is 4.39 Å². The topological polar surface area (TPSA) is 29.3 Å². The molecule has 104 valence electrons. The van der Waals surface area contributed by atoms with Crippen molar-refractivity contribution in [1.29, 1.82) is 0 Å². The number of hydrogen-bond acceptors (Lipinski definition) is 2. The van der Waals surface area contributed by atoms with Crippen LogP contribution < -0.4 is 5.73 Å². The third-order valence-electron chi connectivity index (χ3n) is 4.62. The molecule has 0 aromatic heterocycles. The lowest BCUT2D eigenvalue weighted by Gasteiger charge is -2.29.